The number of ether oxygens (including phenoxy) is 2. The predicted octanol–water partition coefficient (Wildman–Crippen LogP) is 3.83. The van der Waals surface area contributed by atoms with Gasteiger partial charge in [-0.25, -0.2) is 8.42 Å². The van der Waals surface area contributed by atoms with Gasteiger partial charge in [0.1, 0.15) is 0 Å². The molecule has 5 nitrogen and oxygen atoms in total. The highest BCUT2D eigenvalue weighted by Crippen LogP contribution is 2.33. The first-order chi connectivity index (χ1) is 11.5. The summed E-state index contributed by atoms with van der Waals surface area (Å²) < 4.78 is 39.0. The van der Waals surface area contributed by atoms with Crippen LogP contribution < -0.4 is 9.47 Å². The molecule has 0 aromatic heterocycles. The van der Waals surface area contributed by atoms with Crippen molar-refractivity contribution in [3.05, 3.63) is 18.2 Å². The van der Waals surface area contributed by atoms with E-state index in [-0.39, 0.29) is 10.9 Å². The molecule has 0 unspecified atom stereocenters. The van der Waals surface area contributed by atoms with Crippen molar-refractivity contribution in [2.45, 2.75) is 63.8 Å². The molecule has 1 saturated heterocycles. The number of nitrogens with zero attached hydrogens (tertiary/aromatic N) is 1. The molecule has 136 valence electrons. The summed E-state index contributed by atoms with van der Waals surface area (Å²) in [5, 5.41) is 0. The molecule has 1 aromatic carbocycles. The summed E-state index contributed by atoms with van der Waals surface area (Å²) in [6, 6.07) is 4.99. The number of sulfonamides is 1. The molecular weight excluding hydrogens is 326 g/mol. The molecule has 0 saturated carbocycles. The van der Waals surface area contributed by atoms with Crippen molar-refractivity contribution >= 4 is 10.0 Å². The second-order valence-corrected chi connectivity index (χ2v) is 8.16. The van der Waals surface area contributed by atoms with Gasteiger partial charge in [0.05, 0.1) is 18.1 Å². The Hall–Kier alpha value is -1.27. The number of benzene rings is 1. The van der Waals surface area contributed by atoms with E-state index >= 15 is 0 Å². The summed E-state index contributed by atoms with van der Waals surface area (Å²) in [4.78, 5) is 0.284. The van der Waals surface area contributed by atoms with Gasteiger partial charge in [-0.2, -0.15) is 4.31 Å². The van der Waals surface area contributed by atoms with Crippen molar-refractivity contribution in [2.75, 3.05) is 19.8 Å². The molecule has 1 aromatic rings. The van der Waals surface area contributed by atoms with Gasteiger partial charge in [-0.05, 0) is 44.7 Å². The maximum Gasteiger partial charge on any atom is 0.243 e. The van der Waals surface area contributed by atoms with E-state index < -0.39 is 10.0 Å². The van der Waals surface area contributed by atoms with E-state index in [4.69, 9.17) is 9.47 Å². The third-order valence-corrected chi connectivity index (χ3v) is 6.20. The highest BCUT2D eigenvalue weighted by molar-refractivity contribution is 7.89. The number of hydrogen-bond acceptors (Lipinski definition) is 4. The summed E-state index contributed by atoms with van der Waals surface area (Å²) in [5.41, 5.74) is 0. The average Bonchev–Trinajstić information content (AvgIpc) is 2.58. The Morgan fingerprint density at radius 2 is 1.75 bits per heavy atom. The van der Waals surface area contributed by atoms with Gasteiger partial charge in [0.2, 0.25) is 10.0 Å². The Kier molecular flexibility index (Phi) is 6.92. The second kappa shape index (κ2) is 8.72. The third-order valence-electron chi connectivity index (χ3n) is 4.19. The molecule has 0 aliphatic carbocycles. The lowest BCUT2D eigenvalue weighted by molar-refractivity contribution is 0.264. The Morgan fingerprint density at radius 1 is 1.08 bits per heavy atom. The van der Waals surface area contributed by atoms with Gasteiger partial charge in [0.25, 0.3) is 0 Å². The topological polar surface area (TPSA) is 55.8 Å². The van der Waals surface area contributed by atoms with Crippen molar-refractivity contribution < 1.29 is 17.9 Å². The van der Waals surface area contributed by atoms with Gasteiger partial charge in [-0.3, -0.25) is 0 Å². The zero-order chi connectivity index (χ0) is 17.6. The van der Waals surface area contributed by atoms with E-state index in [0.717, 1.165) is 32.1 Å². The zero-order valence-electron chi connectivity index (χ0n) is 15.0. The summed E-state index contributed by atoms with van der Waals surface area (Å²) in [6.45, 7) is 7.72. The Balaban J connectivity index is 2.31. The van der Waals surface area contributed by atoms with Crippen LogP contribution in [0.25, 0.3) is 0 Å². The van der Waals surface area contributed by atoms with Gasteiger partial charge >= 0.3 is 0 Å². The van der Waals surface area contributed by atoms with E-state index in [0.29, 0.717) is 31.3 Å². The molecule has 0 spiro atoms. The van der Waals surface area contributed by atoms with Crippen LogP contribution in [0.3, 0.4) is 0 Å². The van der Waals surface area contributed by atoms with Gasteiger partial charge < -0.3 is 9.47 Å². The third kappa shape index (κ3) is 4.42. The van der Waals surface area contributed by atoms with Crippen molar-refractivity contribution in [1.29, 1.82) is 0 Å². The Labute approximate surface area is 146 Å². The molecule has 1 atom stereocenters. The molecule has 2 rings (SSSR count). The van der Waals surface area contributed by atoms with Crippen LogP contribution in [0.15, 0.2) is 23.1 Å². The van der Waals surface area contributed by atoms with Crippen LogP contribution in [0, 0.1) is 0 Å². The number of rotatable bonds is 8. The minimum absolute atomic E-state index is 0.0415. The maximum absolute atomic E-state index is 13.0. The zero-order valence-corrected chi connectivity index (χ0v) is 15.8. The van der Waals surface area contributed by atoms with Crippen molar-refractivity contribution in [3.8, 4) is 11.5 Å². The first-order valence-corrected chi connectivity index (χ1v) is 10.4. The largest absolute Gasteiger partial charge is 0.490 e. The quantitative estimate of drug-likeness (QED) is 0.711. The van der Waals surface area contributed by atoms with Crippen LogP contribution in [-0.4, -0.2) is 38.5 Å². The van der Waals surface area contributed by atoms with Crippen LogP contribution in [0.1, 0.15) is 52.9 Å². The fourth-order valence-electron chi connectivity index (χ4n) is 2.87. The highest BCUT2D eigenvalue weighted by atomic mass is 32.2. The normalized spacial score (nSPS) is 19.2. The molecule has 0 bridgehead atoms. The van der Waals surface area contributed by atoms with Crippen LogP contribution >= 0.6 is 0 Å². The van der Waals surface area contributed by atoms with Gasteiger partial charge in [0.15, 0.2) is 11.5 Å². The lowest BCUT2D eigenvalue weighted by atomic mass is 10.1. The van der Waals surface area contributed by atoms with E-state index in [1.807, 2.05) is 20.8 Å². The first kappa shape index (κ1) is 19.1. The monoisotopic (exact) mass is 355 g/mol. The Morgan fingerprint density at radius 3 is 2.38 bits per heavy atom. The SMILES string of the molecule is CCCOc1ccc(S(=O)(=O)N2CCCC[C@H]2C)cc1OCCC. The van der Waals surface area contributed by atoms with Crippen molar-refractivity contribution in [3.63, 3.8) is 0 Å². The fraction of sp³-hybridized carbons (Fsp3) is 0.667. The highest BCUT2D eigenvalue weighted by Gasteiger charge is 2.31. The molecule has 1 fully saturated rings. The predicted molar refractivity (Wildman–Crippen MR) is 95.2 cm³/mol. The van der Waals surface area contributed by atoms with Crippen LogP contribution in [0.5, 0.6) is 11.5 Å². The van der Waals surface area contributed by atoms with E-state index in [2.05, 4.69) is 0 Å². The molecule has 6 heteroatoms. The van der Waals surface area contributed by atoms with E-state index in [9.17, 15) is 8.42 Å². The molecule has 1 aliphatic heterocycles. The van der Waals surface area contributed by atoms with E-state index in [1.165, 1.54) is 0 Å². The fourth-order valence-corrected chi connectivity index (χ4v) is 4.58. The van der Waals surface area contributed by atoms with Crippen molar-refractivity contribution in [1.82, 2.24) is 4.31 Å². The van der Waals surface area contributed by atoms with Crippen LogP contribution in [-0.2, 0) is 10.0 Å². The molecule has 24 heavy (non-hydrogen) atoms. The summed E-state index contributed by atoms with van der Waals surface area (Å²) in [6.07, 6.45) is 4.66. The molecule has 1 aliphatic rings. The van der Waals surface area contributed by atoms with Gasteiger partial charge in [-0.15, -0.1) is 0 Å². The lowest BCUT2D eigenvalue weighted by Crippen LogP contribution is -2.41. The van der Waals surface area contributed by atoms with E-state index in [1.54, 1.807) is 22.5 Å². The summed E-state index contributed by atoms with van der Waals surface area (Å²) in [7, 11) is -3.50. The minimum atomic E-state index is -3.50. The molecule has 0 radical (unpaired) electrons. The number of hydrogen-bond donors (Lipinski definition) is 0. The van der Waals surface area contributed by atoms with Crippen LogP contribution in [0.4, 0.5) is 0 Å². The lowest BCUT2D eigenvalue weighted by Gasteiger charge is -2.32. The maximum atomic E-state index is 13.0. The average molecular weight is 356 g/mol. The second-order valence-electron chi connectivity index (χ2n) is 6.27. The minimum Gasteiger partial charge on any atom is -0.490 e. The molecule has 0 N–H and O–H groups in total. The van der Waals surface area contributed by atoms with Crippen LogP contribution in [0.2, 0.25) is 0 Å². The van der Waals surface area contributed by atoms with Crippen molar-refractivity contribution in [2.24, 2.45) is 0 Å². The summed E-state index contributed by atoms with van der Waals surface area (Å²) >= 11 is 0. The molecule has 1 heterocycles. The summed E-state index contributed by atoms with van der Waals surface area (Å²) in [5.74, 6) is 1.12. The standard InChI is InChI=1S/C18H29NO4S/c1-4-12-22-17-10-9-16(14-18(17)23-13-5-2)24(20,21)19-11-7-6-8-15(19)3/h9-10,14-15H,4-8,11-13H2,1-3H3/t15-/m1/s1. The number of piperidine rings is 1. The molecular formula is C18H29NO4S. The van der Waals surface area contributed by atoms with Gasteiger partial charge in [-0.1, -0.05) is 20.3 Å². The first-order valence-electron chi connectivity index (χ1n) is 8.92. The van der Waals surface area contributed by atoms with Gasteiger partial charge in [0, 0.05) is 18.7 Å². The smallest absolute Gasteiger partial charge is 0.243 e. The Bertz CT molecular complexity index is 630. The molecule has 0 amide bonds.